The summed E-state index contributed by atoms with van der Waals surface area (Å²) >= 11 is 0. The highest BCUT2D eigenvalue weighted by Crippen LogP contribution is 2.37. The minimum Gasteiger partial charge on any atom is -0.402 e. The van der Waals surface area contributed by atoms with Crippen molar-refractivity contribution in [3.8, 4) is 0 Å². The molecule has 0 aliphatic heterocycles. The van der Waals surface area contributed by atoms with Crippen molar-refractivity contribution in [2.75, 3.05) is 0 Å². The van der Waals surface area contributed by atoms with Gasteiger partial charge in [0.2, 0.25) is 0 Å². The molecule has 1 aromatic heterocycles. The number of hydrogen-bond acceptors (Lipinski definition) is 2. The molecule has 0 bridgehead atoms. The molecule has 26 heavy (non-hydrogen) atoms. The molecule has 2 aromatic carbocycles. The highest BCUT2D eigenvalue weighted by molar-refractivity contribution is 6.99. The molecule has 0 aliphatic rings. The number of aryl methyl sites for hydroxylation is 1. The standard InChI is InChI=1S/C22H27N2OSi/c1-18-16-19(24(5)23-18)17-25-26(22(2,3)4,20-12-8-6-9-13-20)21-14-10-7-11-15-21/h6-16H,1,17H2,2-5H3. The normalized spacial score (nSPS) is 12.3. The molecule has 0 spiro atoms. The van der Waals surface area contributed by atoms with Gasteiger partial charge in [-0.1, -0.05) is 81.4 Å². The lowest BCUT2D eigenvalue weighted by Gasteiger charge is -2.43. The quantitative estimate of drug-likeness (QED) is 0.647. The fourth-order valence-electron chi connectivity index (χ4n) is 3.65. The van der Waals surface area contributed by atoms with Crippen LogP contribution in [0.1, 0.15) is 32.2 Å². The van der Waals surface area contributed by atoms with Crippen molar-refractivity contribution >= 4 is 18.7 Å². The molecule has 0 saturated carbocycles. The van der Waals surface area contributed by atoms with E-state index in [4.69, 9.17) is 4.43 Å². The van der Waals surface area contributed by atoms with Crippen molar-refractivity contribution < 1.29 is 4.43 Å². The topological polar surface area (TPSA) is 27.1 Å². The average Bonchev–Trinajstić information content (AvgIpc) is 2.94. The molecular weight excluding hydrogens is 336 g/mol. The third kappa shape index (κ3) is 3.39. The van der Waals surface area contributed by atoms with Crippen LogP contribution >= 0.6 is 0 Å². The molecule has 135 valence electrons. The number of benzene rings is 2. The van der Waals surface area contributed by atoms with E-state index < -0.39 is 8.32 Å². The lowest BCUT2D eigenvalue weighted by atomic mass is 10.2. The Bertz CT molecular complexity index is 811. The first kappa shape index (κ1) is 18.6. The van der Waals surface area contributed by atoms with Crippen molar-refractivity contribution in [2.24, 2.45) is 7.05 Å². The molecule has 1 heterocycles. The molecular formula is C22H27N2OSi. The molecule has 0 fully saturated rings. The summed E-state index contributed by atoms with van der Waals surface area (Å²) in [5.74, 6) is 0. The molecule has 0 aliphatic carbocycles. The van der Waals surface area contributed by atoms with E-state index in [1.165, 1.54) is 10.4 Å². The van der Waals surface area contributed by atoms with E-state index in [-0.39, 0.29) is 5.04 Å². The van der Waals surface area contributed by atoms with Gasteiger partial charge in [-0.3, -0.25) is 4.68 Å². The molecule has 0 saturated heterocycles. The SMILES string of the molecule is [CH2]c1cc(CO[Si](c2ccccc2)(c2ccccc2)C(C)(C)C)n(C)n1. The van der Waals surface area contributed by atoms with E-state index in [2.05, 4.69) is 93.5 Å². The second kappa shape index (κ2) is 7.21. The van der Waals surface area contributed by atoms with E-state index in [0.29, 0.717) is 6.61 Å². The summed E-state index contributed by atoms with van der Waals surface area (Å²) in [6, 6.07) is 23.4. The number of hydrogen-bond donors (Lipinski definition) is 0. The summed E-state index contributed by atoms with van der Waals surface area (Å²) < 4.78 is 8.76. The van der Waals surface area contributed by atoms with Crippen LogP contribution in [0.5, 0.6) is 0 Å². The number of aromatic nitrogens is 2. The molecule has 0 atom stereocenters. The lowest BCUT2D eigenvalue weighted by Crippen LogP contribution is -2.66. The minimum absolute atomic E-state index is 0.0262. The second-order valence-electron chi connectivity index (χ2n) is 7.70. The van der Waals surface area contributed by atoms with Crippen LogP contribution in [0.3, 0.4) is 0 Å². The molecule has 3 nitrogen and oxygen atoms in total. The maximum Gasteiger partial charge on any atom is 0.261 e. The van der Waals surface area contributed by atoms with E-state index in [0.717, 1.165) is 11.4 Å². The van der Waals surface area contributed by atoms with Crippen molar-refractivity contribution in [3.63, 3.8) is 0 Å². The largest absolute Gasteiger partial charge is 0.402 e. The fraction of sp³-hybridized carbons (Fsp3) is 0.273. The first-order valence-corrected chi connectivity index (χ1v) is 10.9. The maximum absolute atomic E-state index is 6.90. The summed E-state index contributed by atoms with van der Waals surface area (Å²) in [4.78, 5) is 0. The first-order valence-electron chi connectivity index (χ1n) is 8.94. The number of nitrogens with zero attached hydrogens (tertiary/aromatic N) is 2. The van der Waals surface area contributed by atoms with E-state index in [1.807, 2.05) is 17.8 Å². The summed E-state index contributed by atoms with van der Waals surface area (Å²) in [5.41, 5.74) is 1.82. The van der Waals surface area contributed by atoms with Gasteiger partial charge in [-0.2, -0.15) is 5.10 Å². The smallest absolute Gasteiger partial charge is 0.261 e. The average molecular weight is 364 g/mol. The van der Waals surface area contributed by atoms with Gasteiger partial charge in [-0.15, -0.1) is 0 Å². The van der Waals surface area contributed by atoms with Crippen molar-refractivity contribution in [1.82, 2.24) is 9.78 Å². The van der Waals surface area contributed by atoms with Gasteiger partial charge in [-0.05, 0) is 28.4 Å². The van der Waals surface area contributed by atoms with Gasteiger partial charge in [0.05, 0.1) is 18.0 Å². The maximum atomic E-state index is 6.90. The third-order valence-electron chi connectivity index (χ3n) is 4.88. The fourth-order valence-corrected chi connectivity index (χ4v) is 8.17. The minimum atomic E-state index is -2.51. The van der Waals surface area contributed by atoms with Crippen molar-refractivity contribution in [3.05, 3.63) is 85.0 Å². The van der Waals surface area contributed by atoms with Gasteiger partial charge < -0.3 is 4.43 Å². The monoisotopic (exact) mass is 363 g/mol. The van der Waals surface area contributed by atoms with Gasteiger partial charge >= 0.3 is 0 Å². The van der Waals surface area contributed by atoms with Crippen LogP contribution in [-0.4, -0.2) is 18.1 Å². The summed E-state index contributed by atoms with van der Waals surface area (Å²) in [6.07, 6.45) is 0. The molecule has 0 unspecified atom stereocenters. The van der Waals surface area contributed by atoms with Crippen LogP contribution in [0.15, 0.2) is 66.7 Å². The van der Waals surface area contributed by atoms with Crippen molar-refractivity contribution in [1.29, 1.82) is 0 Å². The Balaban J connectivity index is 2.12. The Hall–Kier alpha value is -2.17. The zero-order valence-corrected chi connectivity index (χ0v) is 17.1. The zero-order chi connectivity index (χ0) is 18.8. The van der Waals surface area contributed by atoms with E-state index >= 15 is 0 Å². The molecule has 4 heteroatoms. The van der Waals surface area contributed by atoms with Crippen LogP contribution < -0.4 is 10.4 Å². The van der Waals surface area contributed by atoms with Gasteiger partial charge in [0.1, 0.15) is 0 Å². The van der Waals surface area contributed by atoms with Crippen LogP contribution in [0.4, 0.5) is 0 Å². The van der Waals surface area contributed by atoms with Gasteiger partial charge in [0.15, 0.2) is 0 Å². The number of rotatable bonds is 5. The van der Waals surface area contributed by atoms with E-state index in [9.17, 15) is 0 Å². The Morgan fingerprint density at radius 1 is 0.962 bits per heavy atom. The third-order valence-corrected chi connectivity index (χ3v) is 9.86. The van der Waals surface area contributed by atoms with Gasteiger partial charge in [0, 0.05) is 7.05 Å². The summed E-state index contributed by atoms with van der Waals surface area (Å²) in [6.45, 7) is 11.3. The summed E-state index contributed by atoms with van der Waals surface area (Å²) in [5, 5.41) is 6.91. The predicted molar refractivity (Wildman–Crippen MR) is 110 cm³/mol. The Kier molecular flexibility index (Phi) is 5.16. The second-order valence-corrected chi connectivity index (χ2v) is 12.0. The Labute approximate surface area is 157 Å². The van der Waals surface area contributed by atoms with Crippen LogP contribution in [0, 0.1) is 6.92 Å². The van der Waals surface area contributed by atoms with Gasteiger partial charge in [0.25, 0.3) is 8.32 Å². The summed E-state index contributed by atoms with van der Waals surface area (Å²) in [7, 11) is -0.564. The van der Waals surface area contributed by atoms with Crippen LogP contribution in [0.2, 0.25) is 5.04 Å². The Morgan fingerprint density at radius 2 is 1.46 bits per heavy atom. The van der Waals surface area contributed by atoms with Crippen LogP contribution in [0.25, 0.3) is 0 Å². The molecule has 3 aromatic rings. The zero-order valence-electron chi connectivity index (χ0n) is 16.1. The molecule has 0 amide bonds. The molecule has 0 N–H and O–H groups in total. The molecule has 3 rings (SSSR count). The van der Waals surface area contributed by atoms with Gasteiger partial charge in [-0.25, -0.2) is 0 Å². The lowest BCUT2D eigenvalue weighted by molar-refractivity contribution is 0.276. The Morgan fingerprint density at radius 3 is 1.85 bits per heavy atom. The van der Waals surface area contributed by atoms with Crippen LogP contribution in [-0.2, 0) is 18.1 Å². The highest BCUT2D eigenvalue weighted by Gasteiger charge is 2.50. The van der Waals surface area contributed by atoms with Crippen molar-refractivity contribution in [2.45, 2.75) is 32.4 Å². The molecule has 1 radical (unpaired) electrons. The predicted octanol–water partition coefficient (Wildman–Crippen LogP) is 3.68. The highest BCUT2D eigenvalue weighted by atomic mass is 28.4. The van der Waals surface area contributed by atoms with E-state index in [1.54, 1.807) is 0 Å². The first-order chi connectivity index (χ1) is 12.3.